The summed E-state index contributed by atoms with van der Waals surface area (Å²) in [5.41, 5.74) is 0.827. The fourth-order valence-electron chi connectivity index (χ4n) is 1.42. The molecular formula is C12H9BrClNO3. The Balaban J connectivity index is 2.27. The predicted octanol–water partition coefficient (Wildman–Crippen LogP) is 3.96. The highest BCUT2D eigenvalue weighted by Gasteiger charge is 2.15. The molecule has 0 fully saturated rings. The van der Waals surface area contributed by atoms with E-state index in [0.29, 0.717) is 11.4 Å². The Morgan fingerprint density at radius 1 is 1.44 bits per heavy atom. The highest BCUT2D eigenvalue weighted by Crippen LogP contribution is 2.29. The topological polar surface area (TPSA) is 51.5 Å². The maximum absolute atomic E-state index is 11.9. The molecule has 1 heterocycles. The van der Waals surface area contributed by atoms with Gasteiger partial charge in [-0.1, -0.05) is 15.9 Å². The van der Waals surface area contributed by atoms with Crippen molar-refractivity contribution in [1.29, 1.82) is 0 Å². The number of amides is 1. The lowest BCUT2D eigenvalue weighted by Gasteiger charge is -2.09. The van der Waals surface area contributed by atoms with E-state index >= 15 is 0 Å². The first-order chi connectivity index (χ1) is 8.61. The Labute approximate surface area is 117 Å². The fraction of sp³-hybridized carbons (Fsp3) is 0.0833. The maximum Gasteiger partial charge on any atom is 0.260 e. The summed E-state index contributed by atoms with van der Waals surface area (Å²) in [6, 6.07) is 6.81. The van der Waals surface area contributed by atoms with E-state index in [-0.39, 0.29) is 16.7 Å². The highest BCUT2D eigenvalue weighted by molar-refractivity contribution is 9.10. The zero-order valence-electron chi connectivity index (χ0n) is 9.37. The third kappa shape index (κ3) is 2.68. The van der Waals surface area contributed by atoms with Crippen LogP contribution >= 0.6 is 27.5 Å². The Morgan fingerprint density at radius 3 is 2.83 bits per heavy atom. The van der Waals surface area contributed by atoms with Crippen LogP contribution in [0.5, 0.6) is 5.75 Å². The van der Waals surface area contributed by atoms with E-state index < -0.39 is 0 Å². The summed E-state index contributed by atoms with van der Waals surface area (Å²) < 4.78 is 10.9. The van der Waals surface area contributed by atoms with Crippen LogP contribution in [0.3, 0.4) is 0 Å². The van der Waals surface area contributed by atoms with Crippen LogP contribution in [0, 0.1) is 0 Å². The molecule has 6 heteroatoms. The number of anilines is 1. The summed E-state index contributed by atoms with van der Waals surface area (Å²) in [5, 5.41) is 2.76. The molecule has 0 aliphatic carbocycles. The number of methoxy groups -OCH3 is 1. The molecular weight excluding hydrogens is 321 g/mol. The molecule has 0 saturated carbocycles. The lowest BCUT2D eigenvalue weighted by molar-refractivity contribution is 0.102. The number of halogens is 2. The van der Waals surface area contributed by atoms with Crippen LogP contribution < -0.4 is 10.1 Å². The van der Waals surface area contributed by atoms with Gasteiger partial charge >= 0.3 is 0 Å². The van der Waals surface area contributed by atoms with Crippen molar-refractivity contribution >= 4 is 39.1 Å². The average molecular weight is 331 g/mol. The summed E-state index contributed by atoms with van der Waals surface area (Å²) in [6.07, 6.45) is 1.36. The normalized spacial score (nSPS) is 10.2. The van der Waals surface area contributed by atoms with Crippen molar-refractivity contribution in [2.75, 3.05) is 12.4 Å². The zero-order valence-corrected chi connectivity index (χ0v) is 11.7. The molecule has 0 aliphatic heterocycles. The molecule has 0 saturated heterocycles. The van der Waals surface area contributed by atoms with Crippen molar-refractivity contribution in [2.24, 2.45) is 0 Å². The number of carbonyl (C=O) groups is 1. The van der Waals surface area contributed by atoms with Gasteiger partial charge in [0.15, 0.2) is 0 Å². The zero-order chi connectivity index (χ0) is 13.1. The van der Waals surface area contributed by atoms with Gasteiger partial charge in [0.2, 0.25) is 5.22 Å². The minimum absolute atomic E-state index is 0.0569. The van der Waals surface area contributed by atoms with Gasteiger partial charge in [-0.05, 0) is 35.9 Å². The van der Waals surface area contributed by atoms with Gasteiger partial charge in [-0.25, -0.2) is 0 Å². The van der Waals surface area contributed by atoms with Crippen molar-refractivity contribution in [3.63, 3.8) is 0 Å². The fourth-order valence-corrected chi connectivity index (χ4v) is 1.98. The molecule has 0 aliphatic rings. The van der Waals surface area contributed by atoms with Crippen LogP contribution in [0.15, 0.2) is 39.4 Å². The molecule has 1 N–H and O–H groups in total. The van der Waals surface area contributed by atoms with Crippen LogP contribution in [0.4, 0.5) is 5.69 Å². The summed E-state index contributed by atoms with van der Waals surface area (Å²) in [5.74, 6) is 0.205. The van der Waals surface area contributed by atoms with Crippen molar-refractivity contribution in [2.45, 2.75) is 0 Å². The lowest BCUT2D eigenvalue weighted by atomic mass is 10.2. The number of benzene rings is 1. The molecule has 0 spiro atoms. The third-order valence-corrected chi connectivity index (χ3v) is 3.06. The largest absolute Gasteiger partial charge is 0.495 e. The van der Waals surface area contributed by atoms with Crippen LogP contribution in [0.1, 0.15) is 10.4 Å². The minimum Gasteiger partial charge on any atom is -0.495 e. The molecule has 18 heavy (non-hydrogen) atoms. The van der Waals surface area contributed by atoms with Gasteiger partial charge in [-0.3, -0.25) is 4.79 Å². The standard InChI is InChI=1S/C12H9BrClNO3/c1-17-10-3-2-7(13)6-9(10)15-12(16)8-4-5-18-11(8)14/h2-6H,1H3,(H,15,16). The van der Waals surface area contributed by atoms with Crippen LogP contribution in [-0.4, -0.2) is 13.0 Å². The van der Waals surface area contributed by atoms with Gasteiger partial charge in [0.25, 0.3) is 5.91 Å². The van der Waals surface area contributed by atoms with Gasteiger partial charge in [-0.15, -0.1) is 0 Å². The summed E-state index contributed by atoms with van der Waals surface area (Å²) >= 11 is 9.07. The van der Waals surface area contributed by atoms with Crippen molar-refractivity contribution in [1.82, 2.24) is 0 Å². The van der Waals surface area contributed by atoms with E-state index in [1.807, 2.05) is 6.07 Å². The Morgan fingerprint density at radius 2 is 2.22 bits per heavy atom. The van der Waals surface area contributed by atoms with Crippen LogP contribution in [0.25, 0.3) is 0 Å². The van der Waals surface area contributed by atoms with Gasteiger partial charge < -0.3 is 14.5 Å². The first-order valence-electron chi connectivity index (χ1n) is 4.99. The summed E-state index contributed by atoms with van der Waals surface area (Å²) in [6.45, 7) is 0. The van der Waals surface area contributed by atoms with Gasteiger partial charge in [0.1, 0.15) is 5.75 Å². The van der Waals surface area contributed by atoms with Crippen LogP contribution in [0.2, 0.25) is 5.22 Å². The molecule has 1 aromatic carbocycles. The Kier molecular flexibility index (Phi) is 3.93. The van der Waals surface area contributed by atoms with E-state index in [9.17, 15) is 4.79 Å². The predicted molar refractivity (Wildman–Crippen MR) is 72.4 cm³/mol. The Bertz CT molecular complexity index is 582. The number of carbonyl (C=O) groups excluding carboxylic acids is 1. The number of rotatable bonds is 3. The van der Waals surface area contributed by atoms with Gasteiger partial charge in [0, 0.05) is 4.47 Å². The van der Waals surface area contributed by atoms with E-state index in [2.05, 4.69) is 21.2 Å². The number of furan rings is 1. The SMILES string of the molecule is COc1ccc(Br)cc1NC(=O)c1ccoc1Cl. The monoisotopic (exact) mass is 329 g/mol. The third-order valence-electron chi connectivity index (χ3n) is 2.27. The van der Waals surface area contributed by atoms with Crippen molar-refractivity contribution in [3.8, 4) is 5.75 Å². The van der Waals surface area contributed by atoms with Crippen LogP contribution in [-0.2, 0) is 0 Å². The second kappa shape index (κ2) is 5.46. The van der Waals surface area contributed by atoms with E-state index in [0.717, 1.165) is 4.47 Å². The second-order valence-corrected chi connectivity index (χ2v) is 4.67. The lowest BCUT2D eigenvalue weighted by Crippen LogP contribution is -2.12. The molecule has 0 unspecified atom stereocenters. The van der Waals surface area contributed by atoms with Gasteiger partial charge in [0.05, 0.1) is 24.6 Å². The van der Waals surface area contributed by atoms with E-state index in [4.69, 9.17) is 20.8 Å². The van der Waals surface area contributed by atoms with Gasteiger partial charge in [-0.2, -0.15) is 0 Å². The molecule has 1 aromatic heterocycles. The molecule has 0 atom stereocenters. The average Bonchev–Trinajstić information content (AvgIpc) is 2.76. The van der Waals surface area contributed by atoms with Crippen molar-refractivity contribution in [3.05, 3.63) is 45.8 Å². The first-order valence-corrected chi connectivity index (χ1v) is 6.17. The molecule has 94 valence electrons. The maximum atomic E-state index is 11.9. The van der Waals surface area contributed by atoms with E-state index in [1.165, 1.54) is 19.4 Å². The summed E-state index contributed by atoms with van der Waals surface area (Å²) in [7, 11) is 1.53. The number of hydrogen-bond acceptors (Lipinski definition) is 3. The smallest absolute Gasteiger partial charge is 0.260 e. The molecule has 0 radical (unpaired) electrons. The molecule has 4 nitrogen and oxygen atoms in total. The molecule has 2 rings (SSSR count). The highest BCUT2D eigenvalue weighted by atomic mass is 79.9. The second-order valence-electron chi connectivity index (χ2n) is 3.41. The minimum atomic E-state index is -0.356. The molecule has 1 amide bonds. The first kappa shape index (κ1) is 13.0. The number of ether oxygens (including phenoxy) is 1. The Hall–Kier alpha value is -1.46. The molecule has 0 bridgehead atoms. The number of nitrogens with one attached hydrogen (secondary N) is 1. The quantitative estimate of drug-likeness (QED) is 0.927. The number of hydrogen-bond donors (Lipinski definition) is 1. The molecule has 2 aromatic rings. The summed E-state index contributed by atoms with van der Waals surface area (Å²) in [4.78, 5) is 11.9. The van der Waals surface area contributed by atoms with E-state index in [1.54, 1.807) is 12.1 Å². The van der Waals surface area contributed by atoms with Crippen molar-refractivity contribution < 1.29 is 13.9 Å².